The average Bonchev–Trinajstić information content (AvgIpc) is 2.48. The SMILES string of the molecule is CCCCCC(=O)/C(C=N)=C/Nc1cccc(OC)c1. The van der Waals surface area contributed by atoms with Crippen molar-refractivity contribution in [2.75, 3.05) is 12.4 Å². The van der Waals surface area contributed by atoms with Crippen LogP contribution in [0.4, 0.5) is 5.69 Å². The summed E-state index contributed by atoms with van der Waals surface area (Å²) < 4.78 is 5.13. The summed E-state index contributed by atoms with van der Waals surface area (Å²) in [7, 11) is 1.61. The van der Waals surface area contributed by atoms with Gasteiger partial charge in [-0.3, -0.25) is 4.79 Å². The van der Waals surface area contributed by atoms with Gasteiger partial charge in [-0.1, -0.05) is 25.8 Å². The molecule has 108 valence electrons. The van der Waals surface area contributed by atoms with E-state index in [1.165, 1.54) is 0 Å². The Kier molecular flexibility index (Phi) is 7.11. The van der Waals surface area contributed by atoms with Gasteiger partial charge in [0.15, 0.2) is 5.78 Å². The van der Waals surface area contributed by atoms with E-state index in [4.69, 9.17) is 10.1 Å². The van der Waals surface area contributed by atoms with E-state index in [2.05, 4.69) is 12.2 Å². The van der Waals surface area contributed by atoms with Crippen molar-refractivity contribution >= 4 is 17.7 Å². The van der Waals surface area contributed by atoms with Crippen LogP contribution in [-0.2, 0) is 4.79 Å². The lowest BCUT2D eigenvalue weighted by molar-refractivity contribution is -0.115. The maximum absolute atomic E-state index is 11.9. The third-order valence-corrected chi connectivity index (χ3v) is 2.95. The summed E-state index contributed by atoms with van der Waals surface area (Å²) in [6, 6.07) is 7.42. The van der Waals surface area contributed by atoms with E-state index in [1.54, 1.807) is 13.3 Å². The second kappa shape index (κ2) is 8.91. The first-order chi connectivity index (χ1) is 9.71. The molecule has 1 aromatic carbocycles. The smallest absolute Gasteiger partial charge is 0.165 e. The Morgan fingerprint density at radius 1 is 1.40 bits per heavy atom. The van der Waals surface area contributed by atoms with Crippen LogP contribution >= 0.6 is 0 Å². The fourth-order valence-electron chi connectivity index (χ4n) is 1.76. The molecule has 0 spiro atoms. The Morgan fingerprint density at radius 2 is 2.20 bits per heavy atom. The van der Waals surface area contributed by atoms with Crippen LogP contribution in [0.3, 0.4) is 0 Å². The molecular formula is C16H22N2O2. The normalized spacial score (nSPS) is 11.0. The molecule has 4 nitrogen and oxygen atoms in total. The van der Waals surface area contributed by atoms with Gasteiger partial charge in [-0.15, -0.1) is 0 Å². The van der Waals surface area contributed by atoms with Crippen molar-refractivity contribution in [3.05, 3.63) is 36.0 Å². The summed E-state index contributed by atoms with van der Waals surface area (Å²) in [6.45, 7) is 2.10. The number of allylic oxidation sites excluding steroid dienone is 1. The fraction of sp³-hybridized carbons (Fsp3) is 0.375. The standard InChI is InChI=1S/C16H22N2O2/c1-3-4-5-9-16(19)13(11-17)12-18-14-7-6-8-15(10-14)20-2/h6-8,10-12,17-18H,3-5,9H2,1-2H3/b13-12+,17-11?. The Hall–Kier alpha value is -2.10. The quantitative estimate of drug-likeness (QED) is 0.409. The highest BCUT2D eigenvalue weighted by Crippen LogP contribution is 2.17. The maximum Gasteiger partial charge on any atom is 0.165 e. The third-order valence-electron chi connectivity index (χ3n) is 2.95. The zero-order valence-corrected chi connectivity index (χ0v) is 12.1. The van der Waals surface area contributed by atoms with Crippen molar-refractivity contribution in [2.24, 2.45) is 0 Å². The Morgan fingerprint density at radius 3 is 2.85 bits per heavy atom. The summed E-state index contributed by atoms with van der Waals surface area (Å²) in [5, 5.41) is 10.4. The summed E-state index contributed by atoms with van der Waals surface area (Å²) in [5.74, 6) is 0.748. The van der Waals surface area contributed by atoms with Gasteiger partial charge in [0, 0.05) is 30.6 Å². The highest BCUT2D eigenvalue weighted by Gasteiger charge is 2.06. The van der Waals surface area contributed by atoms with E-state index >= 15 is 0 Å². The van der Waals surface area contributed by atoms with Crippen molar-refractivity contribution in [3.8, 4) is 5.75 Å². The molecule has 0 fully saturated rings. The molecule has 0 aromatic heterocycles. The van der Waals surface area contributed by atoms with Crippen LogP contribution in [0.2, 0.25) is 0 Å². The molecule has 0 atom stereocenters. The van der Waals surface area contributed by atoms with E-state index in [1.807, 2.05) is 24.3 Å². The van der Waals surface area contributed by atoms with Gasteiger partial charge in [-0.05, 0) is 18.6 Å². The molecule has 0 bridgehead atoms. The maximum atomic E-state index is 11.9. The topological polar surface area (TPSA) is 62.2 Å². The minimum atomic E-state index is 0.00356. The number of methoxy groups -OCH3 is 1. The number of carbonyl (C=O) groups is 1. The highest BCUT2D eigenvalue weighted by molar-refractivity contribution is 6.12. The van der Waals surface area contributed by atoms with E-state index in [0.29, 0.717) is 12.0 Å². The molecular weight excluding hydrogens is 252 g/mol. The molecule has 0 unspecified atom stereocenters. The summed E-state index contributed by atoms with van der Waals surface area (Å²) in [4.78, 5) is 11.9. The van der Waals surface area contributed by atoms with E-state index < -0.39 is 0 Å². The summed E-state index contributed by atoms with van der Waals surface area (Å²) >= 11 is 0. The van der Waals surface area contributed by atoms with Crippen LogP contribution < -0.4 is 10.1 Å². The van der Waals surface area contributed by atoms with E-state index in [-0.39, 0.29) is 5.78 Å². The lowest BCUT2D eigenvalue weighted by Crippen LogP contribution is -2.06. The number of Topliss-reactive ketones (excluding diaryl/α,β-unsaturated/α-hetero) is 1. The van der Waals surface area contributed by atoms with Crippen LogP contribution in [0, 0.1) is 5.41 Å². The average molecular weight is 274 g/mol. The molecule has 0 saturated carbocycles. The van der Waals surface area contributed by atoms with Crippen LogP contribution in [0.1, 0.15) is 32.6 Å². The third kappa shape index (κ3) is 5.26. The predicted octanol–water partition coefficient (Wildman–Crippen LogP) is 3.79. The molecule has 4 heteroatoms. The van der Waals surface area contributed by atoms with Gasteiger partial charge in [0.25, 0.3) is 0 Å². The van der Waals surface area contributed by atoms with Crippen LogP contribution in [0.5, 0.6) is 5.75 Å². The monoisotopic (exact) mass is 274 g/mol. The number of unbranched alkanes of at least 4 members (excludes halogenated alkanes) is 2. The molecule has 1 rings (SSSR count). The number of nitrogens with one attached hydrogen (secondary N) is 2. The van der Waals surface area contributed by atoms with Crippen molar-refractivity contribution in [1.29, 1.82) is 5.41 Å². The van der Waals surface area contributed by atoms with Crippen LogP contribution in [0.15, 0.2) is 36.0 Å². The first kappa shape index (κ1) is 16.0. The van der Waals surface area contributed by atoms with Crippen molar-refractivity contribution in [1.82, 2.24) is 0 Å². The van der Waals surface area contributed by atoms with Crippen molar-refractivity contribution in [2.45, 2.75) is 32.6 Å². The number of hydrogen-bond donors (Lipinski definition) is 2. The Balaban J connectivity index is 2.64. The first-order valence-electron chi connectivity index (χ1n) is 6.85. The number of benzene rings is 1. The van der Waals surface area contributed by atoms with Crippen molar-refractivity contribution in [3.63, 3.8) is 0 Å². The Labute approximate surface area is 120 Å². The molecule has 0 aliphatic carbocycles. The number of rotatable bonds is 9. The molecule has 2 N–H and O–H groups in total. The number of carbonyl (C=O) groups excluding carboxylic acids is 1. The number of ketones is 1. The predicted molar refractivity (Wildman–Crippen MR) is 82.6 cm³/mol. The molecule has 1 aromatic rings. The van der Waals surface area contributed by atoms with Gasteiger partial charge in [0.05, 0.1) is 12.7 Å². The number of ether oxygens (including phenoxy) is 1. The molecule has 0 radical (unpaired) electrons. The minimum Gasteiger partial charge on any atom is -0.497 e. The first-order valence-corrected chi connectivity index (χ1v) is 6.85. The summed E-state index contributed by atoms with van der Waals surface area (Å²) in [6.07, 6.45) is 6.17. The highest BCUT2D eigenvalue weighted by atomic mass is 16.5. The van der Waals surface area contributed by atoms with Gasteiger partial charge in [0.2, 0.25) is 0 Å². The van der Waals surface area contributed by atoms with Crippen molar-refractivity contribution < 1.29 is 9.53 Å². The van der Waals surface area contributed by atoms with Gasteiger partial charge in [-0.25, -0.2) is 0 Å². The van der Waals surface area contributed by atoms with Gasteiger partial charge < -0.3 is 15.5 Å². The minimum absolute atomic E-state index is 0.00356. The second-order valence-corrected chi connectivity index (χ2v) is 4.50. The molecule has 20 heavy (non-hydrogen) atoms. The zero-order valence-electron chi connectivity index (χ0n) is 12.1. The zero-order chi connectivity index (χ0) is 14.8. The van der Waals surface area contributed by atoms with Crippen LogP contribution in [-0.4, -0.2) is 19.1 Å². The lowest BCUT2D eigenvalue weighted by Gasteiger charge is -2.06. The number of hydrogen-bond acceptors (Lipinski definition) is 4. The molecule has 0 heterocycles. The van der Waals surface area contributed by atoms with Gasteiger partial charge in [-0.2, -0.15) is 0 Å². The summed E-state index contributed by atoms with van der Waals surface area (Å²) in [5.41, 5.74) is 1.22. The van der Waals surface area contributed by atoms with E-state index in [0.717, 1.165) is 36.9 Å². The molecule has 0 amide bonds. The van der Waals surface area contributed by atoms with Gasteiger partial charge >= 0.3 is 0 Å². The van der Waals surface area contributed by atoms with Gasteiger partial charge in [0.1, 0.15) is 5.75 Å². The second-order valence-electron chi connectivity index (χ2n) is 4.50. The fourth-order valence-corrected chi connectivity index (χ4v) is 1.76. The Bertz CT molecular complexity index is 481. The molecule has 0 aliphatic rings. The number of anilines is 1. The van der Waals surface area contributed by atoms with E-state index in [9.17, 15) is 4.79 Å². The molecule has 0 aliphatic heterocycles. The lowest BCUT2D eigenvalue weighted by atomic mass is 10.1. The molecule has 0 saturated heterocycles. The van der Waals surface area contributed by atoms with Crippen LogP contribution in [0.25, 0.3) is 0 Å². The largest absolute Gasteiger partial charge is 0.497 e.